The molecule has 0 fully saturated rings. The molecule has 0 aromatic heterocycles. The molecular weight excluding hydrogens is 279 g/mol. The first kappa shape index (κ1) is 14.7. The van der Waals surface area contributed by atoms with E-state index in [9.17, 15) is 39.5 Å². The van der Waals surface area contributed by atoms with Gasteiger partial charge in [0.1, 0.15) is 5.82 Å². The summed E-state index contributed by atoms with van der Waals surface area (Å²) in [6.07, 6.45) is -14.6. The molecule has 0 nitrogen and oxygen atoms in total. The van der Waals surface area contributed by atoms with E-state index in [1.54, 1.807) is 0 Å². The Labute approximate surface area is 94.0 Å². The molecule has 9 heteroatoms. The predicted octanol–water partition coefficient (Wildman–Crippen LogP) is 4.80. The van der Waals surface area contributed by atoms with Gasteiger partial charge in [0, 0.05) is 5.56 Å². The third kappa shape index (κ3) is 2.88. The quantitative estimate of drug-likeness (QED) is 0.649. The monoisotopic (exact) mass is 282 g/mol. The van der Waals surface area contributed by atoms with Gasteiger partial charge in [0.05, 0.1) is 11.1 Å². The highest BCUT2D eigenvalue weighted by Crippen LogP contribution is 2.40. The highest BCUT2D eigenvalue weighted by molar-refractivity contribution is 5.36. The minimum atomic E-state index is -5.49. The number of rotatable bonds is 1. The van der Waals surface area contributed by atoms with Gasteiger partial charge in [-0.05, 0) is 12.1 Å². The smallest absolute Gasteiger partial charge is 0.206 e. The van der Waals surface area contributed by atoms with E-state index in [1.165, 1.54) is 0 Å². The van der Waals surface area contributed by atoms with Gasteiger partial charge in [-0.15, -0.1) is 0 Å². The molecule has 1 aromatic rings. The van der Waals surface area contributed by atoms with Crippen molar-refractivity contribution in [1.29, 1.82) is 0 Å². The first-order valence-electron chi connectivity index (χ1n) is 4.20. The van der Waals surface area contributed by atoms with Crippen LogP contribution in [0.15, 0.2) is 12.1 Å². The van der Waals surface area contributed by atoms with Crippen LogP contribution >= 0.6 is 0 Å². The minimum Gasteiger partial charge on any atom is -0.206 e. The standard InChI is InChI=1S/C9H3F9/c10-6-4(8(13,14)15)1-3(7(11)12)2-5(6)9(16,17)18/h1-2,7H. The Bertz CT molecular complexity index is 405. The van der Waals surface area contributed by atoms with E-state index in [-0.39, 0.29) is 12.1 Å². The summed E-state index contributed by atoms with van der Waals surface area (Å²) >= 11 is 0. The number of benzene rings is 1. The molecule has 0 spiro atoms. The second kappa shape index (κ2) is 4.36. The van der Waals surface area contributed by atoms with E-state index >= 15 is 0 Å². The minimum absolute atomic E-state index is 0.338. The lowest BCUT2D eigenvalue weighted by molar-refractivity contribution is -0.147. The van der Waals surface area contributed by atoms with E-state index in [0.29, 0.717) is 0 Å². The Kier molecular flexibility index (Phi) is 3.55. The van der Waals surface area contributed by atoms with Crippen molar-refractivity contribution in [3.05, 3.63) is 34.6 Å². The average molecular weight is 282 g/mol. The molecule has 0 N–H and O–H groups in total. The fourth-order valence-electron chi connectivity index (χ4n) is 1.19. The van der Waals surface area contributed by atoms with Crippen molar-refractivity contribution in [2.45, 2.75) is 18.8 Å². The van der Waals surface area contributed by atoms with E-state index < -0.39 is 41.3 Å². The van der Waals surface area contributed by atoms with E-state index in [1.807, 2.05) is 0 Å². The molecule has 0 amide bonds. The molecule has 0 unspecified atom stereocenters. The lowest BCUT2D eigenvalue weighted by atomic mass is 10.0. The summed E-state index contributed by atoms with van der Waals surface area (Å²) < 4.78 is 111. The second-order valence-corrected chi connectivity index (χ2v) is 3.23. The largest absolute Gasteiger partial charge is 0.419 e. The van der Waals surface area contributed by atoms with Gasteiger partial charge >= 0.3 is 12.4 Å². The van der Waals surface area contributed by atoms with Gasteiger partial charge in [-0.25, -0.2) is 13.2 Å². The van der Waals surface area contributed by atoms with Crippen molar-refractivity contribution in [1.82, 2.24) is 0 Å². The summed E-state index contributed by atoms with van der Waals surface area (Å²) in [6, 6.07) is -0.676. The van der Waals surface area contributed by atoms with Gasteiger partial charge in [-0.1, -0.05) is 0 Å². The zero-order valence-electron chi connectivity index (χ0n) is 8.13. The Morgan fingerprint density at radius 3 is 1.33 bits per heavy atom. The van der Waals surface area contributed by atoms with Gasteiger partial charge in [-0.3, -0.25) is 0 Å². The molecule has 0 atom stereocenters. The van der Waals surface area contributed by atoms with Gasteiger partial charge in [-0.2, -0.15) is 26.3 Å². The van der Waals surface area contributed by atoms with Crippen LogP contribution in [0.5, 0.6) is 0 Å². The first-order valence-corrected chi connectivity index (χ1v) is 4.20. The molecule has 1 aromatic carbocycles. The maximum absolute atomic E-state index is 13.0. The third-order valence-corrected chi connectivity index (χ3v) is 1.96. The number of hydrogen-bond acceptors (Lipinski definition) is 0. The zero-order chi connectivity index (χ0) is 14.3. The molecule has 0 aliphatic heterocycles. The van der Waals surface area contributed by atoms with Crippen LogP contribution < -0.4 is 0 Å². The van der Waals surface area contributed by atoms with Crippen molar-refractivity contribution in [2.24, 2.45) is 0 Å². The molecule has 0 heterocycles. The second-order valence-electron chi connectivity index (χ2n) is 3.23. The van der Waals surface area contributed by atoms with Crippen LogP contribution in [0.3, 0.4) is 0 Å². The van der Waals surface area contributed by atoms with Crippen LogP contribution in [0.25, 0.3) is 0 Å². The number of hydrogen-bond donors (Lipinski definition) is 0. The maximum Gasteiger partial charge on any atom is 0.419 e. The summed E-state index contributed by atoms with van der Waals surface area (Å²) in [4.78, 5) is 0. The lowest BCUT2D eigenvalue weighted by Gasteiger charge is -2.15. The van der Waals surface area contributed by atoms with Gasteiger partial charge in [0.25, 0.3) is 6.43 Å². The number of halogens is 9. The first-order chi connectivity index (χ1) is 7.94. The molecule has 1 rings (SSSR count). The van der Waals surface area contributed by atoms with Gasteiger partial charge in [0.2, 0.25) is 0 Å². The molecule has 102 valence electrons. The topological polar surface area (TPSA) is 0 Å². The third-order valence-electron chi connectivity index (χ3n) is 1.96. The zero-order valence-corrected chi connectivity index (χ0v) is 8.13. The van der Waals surface area contributed by atoms with E-state index in [2.05, 4.69) is 0 Å². The SMILES string of the molecule is Fc1c(C(F)(F)F)cc(C(F)F)cc1C(F)(F)F. The average Bonchev–Trinajstić information content (AvgIpc) is 2.13. The number of alkyl halides is 8. The van der Waals surface area contributed by atoms with Crippen molar-refractivity contribution >= 4 is 0 Å². The van der Waals surface area contributed by atoms with Crippen LogP contribution in [0.1, 0.15) is 23.1 Å². The summed E-state index contributed by atoms with van der Waals surface area (Å²) in [5, 5.41) is 0. The molecule has 0 aliphatic rings. The molecule has 0 saturated heterocycles. The van der Waals surface area contributed by atoms with E-state index in [0.717, 1.165) is 0 Å². The Hall–Kier alpha value is -1.41. The summed E-state index contributed by atoms with van der Waals surface area (Å²) in [7, 11) is 0. The summed E-state index contributed by atoms with van der Waals surface area (Å²) in [5.41, 5.74) is -6.28. The Morgan fingerprint density at radius 1 is 0.778 bits per heavy atom. The fraction of sp³-hybridized carbons (Fsp3) is 0.333. The maximum atomic E-state index is 13.0. The van der Waals surface area contributed by atoms with Crippen LogP contribution in [0, 0.1) is 5.82 Å². The molecule has 0 radical (unpaired) electrons. The lowest BCUT2D eigenvalue weighted by Crippen LogP contribution is -2.16. The molecule has 0 bridgehead atoms. The normalized spacial score (nSPS) is 13.2. The molecule has 0 saturated carbocycles. The Morgan fingerprint density at radius 2 is 1.11 bits per heavy atom. The summed E-state index contributed by atoms with van der Waals surface area (Å²) in [6.45, 7) is 0. The van der Waals surface area contributed by atoms with Crippen LogP contribution in [-0.2, 0) is 12.4 Å². The highest BCUT2D eigenvalue weighted by atomic mass is 19.4. The Balaban J connectivity index is 3.59. The van der Waals surface area contributed by atoms with Gasteiger partial charge in [0.15, 0.2) is 0 Å². The van der Waals surface area contributed by atoms with Crippen LogP contribution in [0.4, 0.5) is 39.5 Å². The van der Waals surface area contributed by atoms with E-state index in [4.69, 9.17) is 0 Å². The summed E-state index contributed by atoms with van der Waals surface area (Å²) in [5.74, 6) is -2.61. The highest BCUT2D eigenvalue weighted by Gasteiger charge is 2.42. The predicted molar refractivity (Wildman–Crippen MR) is 41.4 cm³/mol. The molecular formula is C9H3F9. The van der Waals surface area contributed by atoms with Crippen LogP contribution in [0.2, 0.25) is 0 Å². The van der Waals surface area contributed by atoms with Crippen molar-refractivity contribution in [3.63, 3.8) is 0 Å². The van der Waals surface area contributed by atoms with Crippen molar-refractivity contribution in [3.8, 4) is 0 Å². The molecule has 18 heavy (non-hydrogen) atoms. The van der Waals surface area contributed by atoms with Crippen LogP contribution in [-0.4, -0.2) is 0 Å². The van der Waals surface area contributed by atoms with Gasteiger partial charge < -0.3 is 0 Å². The van der Waals surface area contributed by atoms with Crippen molar-refractivity contribution in [2.75, 3.05) is 0 Å². The molecule has 0 aliphatic carbocycles. The van der Waals surface area contributed by atoms with Crippen molar-refractivity contribution < 1.29 is 39.5 Å². The fourth-order valence-corrected chi connectivity index (χ4v) is 1.19.